The molecule has 3 rings (SSSR count). The molecule has 8 nitrogen and oxygen atoms in total. The maximum atomic E-state index is 13.9. The number of benzene rings is 1. The third kappa shape index (κ3) is 4.81. The van der Waals surface area contributed by atoms with Crippen LogP contribution in [0.1, 0.15) is 21.7 Å². The van der Waals surface area contributed by atoms with Gasteiger partial charge in [0.2, 0.25) is 5.91 Å². The Kier molecular flexibility index (Phi) is 6.63. The largest absolute Gasteiger partial charge is 0.465 e. The molecule has 1 aliphatic heterocycles. The Morgan fingerprint density at radius 1 is 1.21 bits per heavy atom. The molecule has 0 spiro atoms. The summed E-state index contributed by atoms with van der Waals surface area (Å²) in [5.74, 6) is -1.65. The van der Waals surface area contributed by atoms with Crippen molar-refractivity contribution in [2.45, 2.75) is 13.0 Å². The lowest BCUT2D eigenvalue weighted by atomic mass is 10.2. The highest BCUT2D eigenvalue weighted by Crippen LogP contribution is 2.24. The van der Waals surface area contributed by atoms with Gasteiger partial charge in [-0.2, -0.15) is 17.0 Å². The van der Waals surface area contributed by atoms with E-state index >= 15 is 0 Å². The lowest BCUT2D eigenvalue weighted by molar-refractivity contribution is -0.116. The number of anilines is 1. The van der Waals surface area contributed by atoms with Crippen LogP contribution in [0.5, 0.6) is 0 Å². The van der Waals surface area contributed by atoms with E-state index in [0.717, 1.165) is 19.9 Å². The molecule has 1 aliphatic rings. The van der Waals surface area contributed by atoms with Gasteiger partial charge in [-0.3, -0.25) is 4.79 Å². The van der Waals surface area contributed by atoms with Crippen molar-refractivity contribution in [3.8, 4) is 0 Å². The fourth-order valence-corrected chi connectivity index (χ4v) is 5.36. The number of rotatable bonds is 6. The van der Waals surface area contributed by atoms with E-state index in [4.69, 9.17) is 0 Å². The van der Waals surface area contributed by atoms with Crippen LogP contribution in [0.2, 0.25) is 0 Å². The lowest BCUT2D eigenvalue weighted by Gasteiger charge is -2.34. The predicted molar refractivity (Wildman–Crippen MR) is 106 cm³/mol. The molecule has 0 atom stereocenters. The Balaban J connectivity index is 1.69. The highest BCUT2D eigenvalue weighted by molar-refractivity contribution is 7.86. The second-order valence-corrected chi connectivity index (χ2v) is 9.17. The first-order valence-corrected chi connectivity index (χ1v) is 11.0. The predicted octanol–water partition coefficient (Wildman–Crippen LogP) is 2.07. The molecule has 0 aliphatic carbocycles. The number of carbonyl (C=O) groups is 2. The normalized spacial score (nSPS) is 17.0. The fourth-order valence-electron chi connectivity index (χ4n) is 2.96. The van der Waals surface area contributed by atoms with Gasteiger partial charge in [0.1, 0.15) is 10.7 Å². The molecule has 1 fully saturated rings. The van der Waals surface area contributed by atoms with Gasteiger partial charge < -0.3 is 10.1 Å². The molecule has 1 saturated heterocycles. The van der Waals surface area contributed by atoms with Crippen LogP contribution in [-0.2, 0) is 26.3 Å². The summed E-state index contributed by atoms with van der Waals surface area (Å²) in [5, 5.41) is 4.17. The van der Waals surface area contributed by atoms with Crippen molar-refractivity contribution in [1.29, 1.82) is 0 Å². The molecule has 11 heteroatoms. The summed E-state index contributed by atoms with van der Waals surface area (Å²) < 4.78 is 46.5. The summed E-state index contributed by atoms with van der Waals surface area (Å²) in [7, 11) is -2.70. The maximum Gasteiger partial charge on any atom is 0.350 e. The SMILES string of the molecule is COC(=O)c1sccc1NC(=O)CN1CCCN(Cc2ccccc2F)S1(=O)=O. The van der Waals surface area contributed by atoms with Crippen LogP contribution in [0.4, 0.5) is 10.1 Å². The number of esters is 1. The number of amides is 1. The molecule has 0 radical (unpaired) electrons. The number of nitrogens with one attached hydrogen (secondary N) is 1. The Labute approximate surface area is 172 Å². The van der Waals surface area contributed by atoms with Gasteiger partial charge in [-0.1, -0.05) is 18.2 Å². The molecule has 1 aromatic heterocycles. The van der Waals surface area contributed by atoms with E-state index < -0.39 is 34.4 Å². The van der Waals surface area contributed by atoms with Gasteiger partial charge in [0, 0.05) is 25.2 Å². The Morgan fingerprint density at radius 2 is 1.93 bits per heavy atom. The molecule has 0 unspecified atom stereocenters. The van der Waals surface area contributed by atoms with Crippen molar-refractivity contribution in [2.24, 2.45) is 0 Å². The van der Waals surface area contributed by atoms with E-state index in [1.54, 1.807) is 17.5 Å². The molecular formula is C18H20FN3O5S2. The van der Waals surface area contributed by atoms with Crippen molar-refractivity contribution in [3.05, 3.63) is 52.0 Å². The topological polar surface area (TPSA) is 96.0 Å². The molecular weight excluding hydrogens is 421 g/mol. The molecule has 0 bridgehead atoms. The number of methoxy groups -OCH3 is 1. The van der Waals surface area contributed by atoms with Crippen LogP contribution in [0, 0.1) is 5.82 Å². The zero-order chi connectivity index (χ0) is 21.0. The first-order chi connectivity index (χ1) is 13.8. The number of hydrogen-bond donors (Lipinski definition) is 1. The van der Waals surface area contributed by atoms with E-state index in [1.165, 1.54) is 25.3 Å². The van der Waals surface area contributed by atoms with Crippen molar-refractivity contribution < 1.29 is 27.1 Å². The van der Waals surface area contributed by atoms with Crippen molar-refractivity contribution >= 4 is 39.1 Å². The van der Waals surface area contributed by atoms with E-state index in [2.05, 4.69) is 10.1 Å². The van der Waals surface area contributed by atoms with Gasteiger partial charge in [-0.15, -0.1) is 11.3 Å². The van der Waals surface area contributed by atoms with E-state index in [0.29, 0.717) is 6.42 Å². The highest BCUT2D eigenvalue weighted by Gasteiger charge is 2.35. The number of thiophene rings is 1. The number of ether oxygens (including phenoxy) is 1. The average molecular weight is 442 g/mol. The minimum Gasteiger partial charge on any atom is -0.465 e. The summed E-state index contributed by atoms with van der Waals surface area (Å²) in [4.78, 5) is 24.3. The molecule has 1 amide bonds. The lowest BCUT2D eigenvalue weighted by Crippen LogP contribution is -2.51. The minimum absolute atomic E-state index is 0.107. The van der Waals surface area contributed by atoms with Crippen LogP contribution in [0.25, 0.3) is 0 Å². The number of hydrogen-bond acceptors (Lipinski definition) is 6. The molecule has 29 heavy (non-hydrogen) atoms. The number of halogens is 1. The molecule has 2 heterocycles. The summed E-state index contributed by atoms with van der Waals surface area (Å²) in [6.07, 6.45) is 0.507. The third-order valence-electron chi connectivity index (χ3n) is 4.40. The van der Waals surface area contributed by atoms with Crippen LogP contribution >= 0.6 is 11.3 Å². The smallest absolute Gasteiger partial charge is 0.350 e. The molecule has 156 valence electrons. The van der Waals surface area contributed by atoms with Crippen LogP contribution in [0.15, 0.2) is 35.7 Å². The average Bonchev–Trinajstić information content (AvgIpc) is 3.14. The van der Waals surface area contributed by atoms with Crippen molar-refractivity contribution in [2.75, 3.05) is 32.1 Å². The van der Waals surface area contributed by atoms with Gasteiger partial charge in [-0.05, 0) is 23.9 Å². The summed E-state index contributed by atoms with van der Waals surface area (Å²) in [6.45, 7) is -0.0977. The van der Waals surface area contributed by atoms with Gasteiger partial charge in [0.15, 0.2) is 0 Å². The summed E-state index contributed by atoms with van der Waals surface area (Å²) >= 11 is 1.11. The first kappa shape index (κ1) is 21.4. The van der Waals surface area contributed by atoms with E-state index in [-0.39, 0.29) is 35.8 Å². The van der Waals surface area contributed by atoms with Gasteiger partial charge in [-0.25, -0.2) is 9.18 Å². The Bertz CT molecular complexity index is 1010. The monoisotopic (exact) mass is 441 g/mol. The summed E-state index contributed by atoms with van der Waals surface area (Å²) in [6, 6.07) is 7.52. The number of carbonyl (C=O) groups excluding carboxylic acids is 2. The second-order valence-electron chi connectivity index (χ2n) is 6.32. The highest BCUT2D eigenvalue weighted by atomic mass is 32.2. The van der Waals surface area contributed by atoms with Crippen LogP contribution in [0.3, 0.4) is 0 Å². The molecule has 1 aromatic carbocycles. The summed E-state index contributed by atoms with van der Waals surface area (Å²) in [5.41, 5.74) is 0.535. The standard InChI is InChI=1S/C18H20FN3O5S2/c1-27-18(24)17-15(7-10-28-17)20-16(23)12-22-9-4-8-21(29(22,25)26)11-13-5-2-3-6-14(13)19/h2-3,5-7,10H,4,8-9,11-12H2,1H3,(H,20,23). The minimum atomic E-state index is -3.93. The fraction of sp³-hybridized carbons (Fsp3) is 0.333. The third-order valence-corrected chi connectivity index (χ3v) is 7.23. The molecule has 0 saturated carbocycles. The number of nitrogens with zero attached hydrogens (tertiary/aromatic N) is 2. The van der Waals surface area contributed by atoms with Crippen LogP contribution in [-0.4, -0.2) is 55.6 Å². The zero-order valence-electron chi connectivity index (χ0n) is 15.6. The van der Waals surface area contributed by atoms with Gasteiger partial charge in [0.05, 0.1) is 19.3 Å². The van der Waals surface area contributed by atoms with E-state index in [1.807, 2.05) is 0 Å². The van der Waals surface area contributed by atoms with Crippen molar-refractivity contribution in [3.63, 3.8) is 0 Å². The van der Waals surface area contributed by atoms with Gasteiger partial charge in [0.25, 0.3) is 10.2 Å². The second kappa shape index (κ2) is 8.99. The molecule has 2 aromatic rings. The first-order valence-electron chi connectivity index (χ1n) is 8.77. The van der Waals surface area contributed by atoms with Gasteiger partial charge >= 0.3 is 5.97 Å². The Morgan fingerprint density at radius 3 is 2.66 bits per heavy atom. The Hall–Kier alpha value is -2.34. The quantitative estimate of drug-likeness (QED) is 0.693. The maximum absolute atomic E-state index is 13.9. The van der Waals surface area contributed by atoms with Crippen molar-refractivity contribution in [1.82, 2.24) is 8.61 Å². The van der Waals surface area contributed by atoms with E-state index in [9.17, 15) is 22.4 Å². The molecule has 1 N–H and O–H groups in total. The zero-order valence-corrected chi connectivity index (χ0v) is 17.3. The van der Waals surface area contributed by atoms with Crippen LogP contribution < -0.4 is 5.32 Å².